The van der Waals surface area contributed by atoms with Crippen molar-refractivity contribution in [3.63, 3.8) is 0 Å². The molecule has 0 aliphatic heterocycles. The van der Waals surface area contributed by atoms with Gasteiger partial charge in [0.2, 0.25) is 5.88 Å². The molecule has 1 aromatic heterocycles. The van der Waals surface area contributed by atoms with Crippen molar-refractivity contribution in [2.45, 2.75) is 39.2 Å². The molecule has 0 spiro atoms. The van der Waals surface area contributed by atoms with Crippen molar-refractivity contribution in [3.8, 4) is 5.88 Å². The Morgan fingerprint density at radius 2 is 2.12 bits per heavy atom. The van der Waals surface area contributed by atoms with Gasteiger partial charge in [-0.1, -0.05) is 32.8 Å². The van der Waals surface area contributed by atoms with E-state index in [1.165, 1.54) is 6.42 Å². The quantitative estimate of drug-likeness (QED) is 0.805. The van der Waals surface area contributed by atoms with E-state index in [-0.39, 0.29) is 6.04 Å². The lowest BCUT2D eigenvalue weighted by Crippen LogP contribution is -2.12. The Kier molecular flexibility index (Phi) is 5.26. The van der Waals surface area contributed by atoms with Crippen LogP contribution >= 0.6 is 0 Å². The summed E-state index contributed by atoms with van der Waals surface area (Å²) in [7, 11) is 1.63. The fraction of sp³-hybridized carbons (Fsp3) is 0.615. The molecule has 3 heteroatoms. The molecule has 0 aromatic carbocycles. The van der Waals surface area contributed by atoms with Crippen LogP contribution in [0.15, 0.2) is 18.3 Å². The van der Waals surface area contributed by atoms with Crippen molar-refractivity contribution in [2.24, 2.45) is 11.7 Å². The SMILES string of the molecule is COc1ncccc1C(N)CCCC(C)C. The van der Waals surface area contributed by atoms with Gasteiger partial charge in [-0.2, -0.15) is 0 Å². The second-order valence-electron chi connectivity index (χ2n) is 4.53. The number of aromatic nitrogens is 1. The highest BCUT2D eigenvalue weighted by Gasteiger charge is 2.12. The highest BCUT2D eigenvalue weighted by molar-refractivity contribution is 5.28. The van der Waals surface area contributed by atoms with Gasteiger partial charge in [-0.15, -0.1) is 0 Å². The van der Waals surface area contributed by atoms with Gasteiger partial charge in [0, 0.05) is 17.8 Å². The largest absolute Gasteiger partial charge is 0.481 e. The van der Waals surface area contributed by atoms with Crippen LogP contribution in [-0.2, 0) is 0 Å². The molecular weight excluding hydrogens is 200 g/mol. The van der Waals surface area contributed by atoms with E-state index < -0.39 is 0 Å². The number of hydrogen-bond donors (Lipinski definition) is 1. The van der Waals surface area contributed by atoms with E-state index in [2.05, 4.69) is 18.8 Å². The number of methoxy groups -OCH3 is 1. The molecule has 0 aliphatic carbocycles. The molecule has 0 amide bonds. The standard InChI is InChI=1S/C13H22N2O/c1-10(2)6-4-8-12(14)11-7-5-9-15-13(11)16-3/h5,7,9-10,12H,4,6,8,14H2,1-3H3. The number of hydrogen-bond acceptors (Lipinski definition) is 3. The molecule has 0 radical (unpaired) electrons. The summed E-state index contributed by atoms with van der Waals surface area (Å²) in [6.07, 6.45) is 5.08. The molecule has 1 aromatic rings. The summed E-state index contributed by atoms with van der Waals surface area (Å²) in [4.78, 5) is 4.16. The maximum absolute atomic E-state index is 6.14. The maximum atomic E-state index is 6.14. The summed E-state index contributed by atoms with van der Waals surface area (Å²) in [6, 6.07) is 3.92. The van der Waals surface area contributed by atoms with Crippen molar-refractivity contribution in [3.05, 3.63) is 23.9 Å². The average molecular weight is 222 g/mol. The maximum Gasteiger partial charge on any atom is 0.217 e. The number of rotatable bonds is 6. The van der Waals surface area contributed by atoms with E-state index in [0.29, 0.717) is 5.88 Å². The number of pyridine rings is 1. The van der Waals surface area contributed by atoms with Crippen molar-refractivity contribution in [1.82, 2.24) is 4.98 Å². The molecule has 0 bridgehead atoms. The Hall–Kier alpha value is -1.09. The minimum absolute atomic E-state index is 0.0300. The summed E-state index contributed by atoms with van der Waals surface area (Å²) in [6.45, 7) is 4.46. The lowest BCUT2D eigenvalue weighted by molar-refractivity contribution is 0.385. The Balaban J connectivity index is 2.55. The van der Waals surface area contributed by atoms with Gasteiger partial charge in [0.25, 0.3) is 0 Å². The first kappa shape index (κ1) is 13.0. The Morgan fingerprint density at radius 3 is 2.75 bits per heavy atom. The first-order valence-electron chi connectivity index (χ1n) is 5.89. The van der Waals surface area contributed by atoms with E-state index in [9.17, 15) is 0 Å². The van der Waals surface area contributed by atoms with Crippen LogP contribution in [-0.4, -0.2) is 12.1 Å². The van der Waals surface area contributed by atoms with Gasteiger partial charge in [-0.25, -0.2) is 4.98 Å². The second-order valence-corrected chi connectivity index (χ2v) is 4.53. The highest BCUT2D eigenvalue weighted by Crippen LogP contribution is 2.24. The zero-order valence-electron chi connectivity index (χ0n) is 10.4. The van der Waals surface area contributed by atoms with Gasteiger partial charge in [0.15, 0.2) is 0 Å². The molecule has 1 heterocycles. The van der Waals surface area contributed by atoms with Crippen molar-refractivity contribution in [1.29, 1.82) is 0 Å². The first-order valence-corrected chi connectivity index (χ1v) is 5.89. The molecule has 2 N–H and O–H groups in total. The molecule has 3 nitrogen and oxygen atoms in total. The predicted molar refractivity (Wildman–Crippen MR) is 66.4 cm³/mol. The molecule has 90 valence electrons. The van der Waals surface area contributed by atoms with E-state index in [1.54, 1.807) is 13.3 Å². The zero-order chi connectivity index (χ0) is 12.0. The third kappa shape index (κ3) is 3.81. The normalized spacial score (nSPS) is 12.8. The Morgan fingerprint density at radius 1 is 1.38 bits per heavy atom. The fourth-order valence-corrected chi connectivity index (χ4v) is 1.76. The third-order valence-corrected chi connectivity index (χ3v) is 2.69. The highest BCUT2D eigenvalue weighted by atomic mass is 16.5. The minimum Gasteiger partial charge on any atom is -0.481 e. The first-order chi connectivity index (χ1) is 7.65. The summed E-state index contributed by atoms with van der Waals surface area (Å²) >= 11 is 0. The Labute approximate surface area is 98.0 Å². The number of nitrogens with zero attached hydrogens (tertiary/aromatic N) is 1. The fourth-order valence-electron chi connectivity index (χ4n) is 1.76. The molecular formula is C13H22N2O. The van der Waals surface area contributed by atoms with Crippen LogP contribution < -0.4 is 10.5 Å². The van der Waals surface area contributed by atoms with Gasteiger partial charge < -0.3 is 10.5 Å². The zero-order valence-corrected chi connectivity index (χ0v) is 10.4. The van der Waals surface area contributed by atoms with Crippen LogP contribution in [0.25, 0.3) is 0 Å². The monoisotopic (exact) mass is 222 g/mol. The van der Waals surface area contributed by atoms with Crippen LogP contribution in [0.3, 0.4) is 0 Å². The van der Waals surface area contributed by atoms with Gasteiger partial charge >= 0.3 is 0 Å². The molecule has 0 saturated heterocycles. The van der Waals surface area contributed by atoms with Crippen LogP contribution in [0.2, 0.25) is 0 Å². The second kappa shape index (κ2) is 6.48. The smallest absolute Gasteiger partial charge is 0.217 e. The van der Waals surface area contributed by atoms with Gasteiger partial charge in [-0.3, -0.25) is 0 Å². The summed E-state index contributed by atoms with van der Waals surface area (Å²) in [5, 5.41) is 0. The summed E-state index contributed by atoms with van der Waals surface area (Å²) < 4.78 is 5.20. The van der Waals surface area contributed by atoms with Gasteiger partial charge in [0.1, 0.15) is 0 Å². The molecule has 1 unspecified atom stereocenters. The van der Waals surface area contributed by atoms with Crippen LogP contribution in [0.1, 0.15) is 44.7 Å². The molecule has 0 saturated carbocycles. The molecule has 16 heavy (non-hydrogen) atoms. The minimum atomic E-state index is 0.0300. The van der Waals surface area contributed by atoms with Crippen molar-refractivity contribution >= 4 is 0 Å². The number of ether oxygens (including phenoxy) is 1. The van der Waals surface area contributed by atoms with Crippen molar-refractivity contribution in [2.75, 3.05) is 7.11 Å². The summed E-state index contributed by atoms with van der Waals surface area (Å²) in [5.74, 6) is 1.39. The van der Waals surface area contributed by atoms with Gasteiger partial charge in [-0.05, 0) is 18.4 Å². The van der Waals surface area contributed by atoms with E-state index in [4.69, 9.17) is 10.5 Å². The van der Waals surface area contributed by atoms with E-state index in [0.717, 1.165) is 24.3 Å². The molecule has 1 atom stereocenters. The molecule has 0 aliphatic rings. The topological polar surface area (TPSA) is 48.1 Å². The lowest BCUT2D eigenvalue weighted by Gasteiger charge is -2.15. The number of nitrogens with two attached hydrogens (primary N) is 1. The third-order valence-electron chi connectivity index (χ3n) is 2.69. The van der Waals surface area contributed by atoms with Gasteiger partial charge in [0.05, 0.1) is 7.11 Å². The van der Waals surface area contributed by atoms with Crippen LogP contribution in [0, 0.1) is 5.92 Å². The van der Waals surface area contributed by atoms with Crippen molar-refractivity contribution < 1.29 is 4.74 Å². The van der Waals surface area contributed by atoms with Crippen LogP contribution in [0.5, 0.6) is 5.88 Å². The molecule has 1 rings (SSSR count). The van der Waals surface area contributed by atoms with E-state index in [1.807, 2.05) is 12.1 Å². The van der Waals surface area contributed by atoms with Crippen LogP contribution in [0.4, 0.5) is 0 Å². The van der Waals surface area contributed by atoms with E-state index >= 15 is 0 Å². The summed E-state index contributed by atoms with van der Waals surface area (Å²) in [5.41, 5.74) is 7.15. The molecule has 0 fully saturated rings. The predicted octanol–water partition coefficient (Wildman–Crippen LogP) is 2.92. The average Bonchev–Trinajstić information content (AvgIpc) is 2.28. The lowest BCUT2D eigenvalue weighted by atomic mass is 9.99. The Bertz CT molecular complexity index is 313.